The number of hydrogen-bond donors (Lipinski definition) is 2. The van der Waals surface area contributed by atoms with E-state index in [-0.39, 0.29) is 17.4 Å². The zero-order valence-electron chi connectivity index (χ0n) is 15.8. The fraction of sp³-hybridized carbons (Fsp3) is 0.238. The van der Waals surface area contributed by atoms with Crippen LogP contribution >= 0.6 is 0 Å². The van der Waals surface area contributed by atoms with E-state index in [0.29, 0.717) is 29.2 Å². The number of aromatic nitrogens is 2. The van der Waals surface area contributed by atoms with Crippen molar-refractivity contribution in [2.24, 2.45) is 5.92 Å². The van der Waals surface area contributed by atoms with E-state index in [4.69, 9.17) is 5.26 Å². The minimum Gasteiger partial charge on any atom is -0.351 e. The fourth-order valence-electron chi connectivity index (χ4n) is 2.74. The highest BCUT2D eigenvalue weighted by molar-refractivity contribution is 6.06. The van der Waals surface area contributed by atoms with Gasteiger partial charge >= 0.3 is 0 Å². The smallest absolute Gasteiger partial charge is 0.292 e. The quantitative estimate of drug-likeness (QED) is 0.691. The van der Waals surface area contributed by atoms with Crippen molar-refractivity contribution >= 4 is 23.0 Å². The van der Waals surface area contributed by atoms with Crippen LogP contribution in [0, 0.1) is 17.2 Å². The standard InChI is InChI=1S/C21H21N5O2/c1-14(2)10-11-23-20(27)18-17-5-3-4-12-26(17)19(25-18)21(28)24-16-8-6-15(13-22)7-9-16/h3-9,12,14H,10-11H2,1-2H3,(H,23,27)(H,24,28). The van der Waals surface area contributed by atoms with E-state index in [2.05, 4.69) is 29.5 Å². The Hall–Kier alpha value is -3.66. The Morgan fingerprint density at radius 3 is 2.57 bits per heavy atom. The highest BCUT2D eigenvalue weighted by Gasteiger charge is 2.21. The summed E-state index contributed by atoms with van der Waals surface area (Å²) in [7, 11) is 0. The Morgan fingerprint density at radius 1 is 1.14 bits per heavy atom. The molecule has 2 amide bonds. The van der Waals surface area contributed by atoms with Gasteiger partial charge in [0.15, 0.2) is 5.69 Å². The fourth-order valence-corrected chi connectivity index (χ4v) is 2.74. The van der Waals surface area contributed by atoms with Gasteiger partial charge < -0.3 is 10.6 Å². The number of amides is 2. The summed E-state index contributed by atoms with van der Waals surface area (Å²) >= 11 is 0. The van der Waals surface area contributed by atoms with Gasteiger partial charge in [-0.1, -0.05) is 19.9 Å². The first-order chi connectivity index (χ1) is 13.5. The van der Waals surface area contributed by atoms with E-state index in [1.807, 2.05) is 6.07 Å². The third-order valence-corrected chi connectivity index (χ3v) is 4.25. The molecule has 2 N–H and O–H groups in total. The average Bonchev–Trinajstić information content (AvgIpc) is 3.08. The highest BCUT2D eigenvalue weighted by atomic mass is 16.2. The maximum Gasteiger partial charge on any atom is 0.292 e. The molecule has 0 radical (unpaired) electrons. The first-order valence-electron chi connectivity index (χ1n) is 9.06. The zero-order chi connectivity index (χ0) is 20.1. The lowest BCUT2D eigenvalue weighted by atomic mass is 10.1. The van der Waals surface area contributed by atoms with Crippen LogP contribution in [0.2, 0.25) is 0 Å². The minimum absolute atomic E-state index is 0.119. The Bertz CT molecular complexity index is 1040. The lowest BCUT2D eigenvalue weighted by molar-refractivity contribution is 0.0949. The normalized spacial score (nSPS) is 10.6. The number of imidazole rings is 1. The molecule has 0 bridgehead atoms. The Balaban J connectivity index is 1.85. The summed E-state index contributed by atoms with van der Waals surface area (Å²) in [6.45, 7) is 4.72. The summed E-state index contributed by atoms with van der Waals surface area (Å²) in [5, 5.41) is 14.5. The largest absolute Gasteiger partial charge is 0.351 e. The molecule has 7 nitrogen and oxygen atoms in total. The second-order valence-corrected chi connectivity index (χ2v) is 6.82. The molecule has 2 aromatic heterocycles. The third kappa shape index (κ3) is 4.18. The number of hydrogen-bond acceptors (Lipinski definition) is 4. The number of pyridine rings is 1. The van der Waals surface area contributed by atoms with Crippen molar-refractivity contribution < 1.29 is 9.59 Å². The lowest BCUT2D eigenvalue weighted by Gasteiger charge is -2.05. The number of nitrogens with zero attached hydrogens (tertiary/aromatic N) is 3. The van der Waals surface area contributed by atoms with Gasteiger partial charge in [0.05, 0.1) is 17.1 Å². The van der Waals surface area contributed by atoms with E-state index in [0.717, 1.165) is 6.42 Å². The number of rotatable bonds is 6. The maximum absolute atomic E-state index is 12.7. The van der Waals surface area contributed by atoms with Crippen molar-refractivity contribution in [3.63, 3.8) is 0 Å². The maximum atomic E-state index is 12.7. The molecule has 0 saturated carbocycles. The summed E-state index contributed by atoms with van der Waals surface area (Å²) in [5.74, 6) is -0.143. The number of nitrogens with one attached hydrogen (secondary N) is 2. The van der Waals surface area contributed by atoms with Crippen LogP contribution in [0.15, 0.2) is 48.7 Å². The molecule has 3 aromatic rings. The summed E-state index contributed by atoms with van der Waals surface area (Å²) in [6.07, 6.45) is 2.56. The Morgan fingerprint density at radius 2 is 1.89 bits per heavy atom. The van der Waals surface area contributed by atoms with E-state index in [1.165, 1.54) is 0 Å². The van der Waals surface area contributed by atoms with Crippen LogP contribution in [0.4, 0.5) is 5.69 Å². The van der Waals surface area contributed by atoms with Crippen molar-refractivity contribution in [2.75, 3.05) is 11.9 Å². The molecule has 1 aromatic carbocycles. The van der Waals surface area contributed by atoms with Crippen LogP contribution in [-0.2, 0) is 0 Å². The molecular weight excluding hydrogens is 354 g/mol. The molecular formula is C21H21N5O2. The number of benzene rings is 1. The van der Waals surface area contributed by atoms with E-state index < -0.39 is 5.91 Å². The molecule has 0 atom stereocenters. The van der Waals surface area contributed by atoms with Crippen molar-refractivity contribution in [1.29, 1.82) is 5.26 Å². The van der Waals surface area contributed by atoms with E-state index in [1.54, 1.807) is 53.1 Å². The van der Waals surface area contributed by atoms with E-state index >= 15 is 0 Å². The predicted molar refractivity (Wildman–Crippen MR) is 106 cm³/mol. The molecule has 0 unspecified atom stereocenters. The monoisotopic (exact) mass is 375 g/mol. The first-order valence-corrected chi connectivity index (χ1v) is 9.06. The summed E-state index contributed by atoms with van der Waals surface area (Å²) in [4.78, 5) is 29.6. The third-order valence-electron chi connectivity index (χ3n) is 4.25. The van der Waals surface area contributed by atoms with Crippen molar-refractivity contribution in [3.05, 3.63) is 65.7 Å². The van der Waals surface area contributed by atoms with Crippen LogP contribution in [-0.4, -0.2) is 27.7 Å². The molecule has 0 aliphatic rings. The van der Waals surface area contributed by atoms with E-state index in [9.17, 15) is 9.59 Å². The van der Waals surface area contributed by atoms with Gasteiger partial charge in [0.1, 0.15) is 0 Å². The first kappa shape index (κ1) is 19.1. The van der Waals surface area contributed by atoms with Crippen LogP contribution in [0.1, 0.15) is 46.9 Å². The van der Waals surface area contributed by atoms with Crippen LogP contribution < -0.4 is 10.6 Å². The number of fused-ring (bicyclic) bond motifs is 1. The van der Waals surface area contributed by atoms with Gasteiger partial charge in [0.2, 0.25) is 5.82 Å². The Labute approximate surface area is 163 Å². The highest BCUT2D eigenvalue weighted by Crippen LogP contribution is 2.16. The van der Waals surface area contributed by atoms with Crippen LogP contribution in [0.3, 0.4) is 0 Å². The molecule has 142 valence electrons. The van der Waals surface area contributed by atoms with Gasteiger partial charge in [-0.05, 0) is 48.7 Å². The Kier molecular flexibility index (Phi) is 5.70. The molecule has 2 heterocycles. The molecule has 28 heavy (non-hydrogen) atoms. The summed E-state index contributed by atoms with van der Waals surface area (Å²) in [6, 6.07) is 13.9. The van der Waals surface area contributed by atoms with Crippen LogP contribution in [0.5, 0.6) is 0 Å². The number of anilines is 1. The zero-order valence-corrected chi connectivity index (χ0v) is 15.8. The molecule has 7 heteroatoms. The number of carbonyl (C=O) groups is 2. The summed E-state index contributed by atoms with van der Waals surface area (Å²) in [5.41, 5.74) is 1.83. The van der Waals surface area contributed by atoms with Crippen molar-refractivity contribution in [2.45, 2.75) is 20.3 Å². The molecule has 0 saturated heterocycles. The van der Waals surface area contributed by atoms with Gasteiger partial charge in [0.25, 0.3) is 11.8 Å². The number of carbonyl (C=O) groups excluding carboxylic acids is 2. The van der Waals surface area contributed by atoms with Gasteiger partial charge in [-0.25, -0.2) is 4.98 Å². The number of nitriles is 1. The average molecular weight is 375 g/mol. The SMILES string of the molecule is CC(C)CCNC(=O)c1nc(C(=O)Nc2ccc(C#N)cc2)n2ccccc12. The summed E-state index contributed by atoms with van der Waals surface area (Å²) < 4.78 is 1.59. The lowest BCUT2D eigenvalue weighted by Crippen LogP contribution is -2.26. The van der Waals surface area contributed by atoms with Crippen molar-refractivity contribution in [3.8, 4) is 6.07 Å². The topological polar surface area (TPSA) is 99.3 Å². The second kappa shape index (κ2) is 8.35. The molecule has 0 fully saturated rings. The molecule has 0 aliphatic heterocycles. The molecule has 0 spiro atoms. The van der Waals surface area contributed by atoms with Gasteiger partial charge in [-0.15, -0.1) is 0 Å². The van der Waals surface area contributed by atoms with Crippen molar-refractivity contribution in [1.82, 2.24) is 14.7 Å². The molecule has 0 aliphatic carbocycles. The van der Waals surface area contributed by atoms with Gasteiger partial charge in [-0.3, -0.25) is 14.0 Å². The predicted octanol–water partition coefficient (Wildman–Crippen LogP) is 3.23. The van der Waals surface area contributed by atoms with Gasteiger partial charge in [-0.2, -0.15) is 5.26 Å². The van der Waals surface area contributed by atoms with Gasteiger partial charge in [0, 0.05) is 18.4 Å². The second-order valence-electron chi connectivity index (χ2n) is 6.82. The molecule has 3 rings (SSSR count). The van der Waals surface area contributed by atoms with Crippen LogP contribution in [0.25, 0.3) is 5.52 Å². The minimum atomic E-state index is -0.438.